The Kier molecular flexibility index (Phi) is 4.47. The Morgan fingerprint density at radius 1 is 1.53 bits per heavy atom. The minimum Gasteiger partial charge on any atom is -0.502 e. The fourth-order valence-electron chi connectivity index (χ4n) is 1.43. The molecule has 1 aromatic rings. The van der Waals surface area contributed by atoms with E-state index in [0.717, 1.165) is 22.5 Å². The SMILES string of the molecule is C#CCN(CC)S(=O)(=O)c1ccc(O)c([N+](=O)[O-])c1. The molecule has 0 amide bonds. The molecule has 0 atom stereocenters. The van der Waals surface area contributed by atoms with Crippen LogP contribution in [-0.4, -0.2) is 35.8 Å². The molecule has 0 saturated heterocycles. The number of terminal acetylenes is 1. The Morgan fingerprint density at radius 2 is 2.16 bits per heavy atom. The molecular formula is C11H12N2O5S. The molecule has 0 aliphatic heterocycles. The highest BCUT2D eigenvalue weighted by Crippen LogP contribution is 2.29. The monoisotopic (exact) mass is 284 g/mol. The van der Waals surface area contributed by atoms with Gasteiger partial charge in [0.05, 0.1) is 16.4 Å². The van der Waals surface area contributed by atoms with Gasteiger partial charge in [-0.05, 0) is 12.1 Å². The molecule has 1 rings (SSSR count). The van der Waals surface area contributed by atoms with Crippen molar-refractivity contribution < 1.29 is 18.4 Å². The number of hydrogen-bond donors (Lipinski definition) is 1. The Labute approximate surface area is 110 Å². The molecule has 0 bridgehead atoms. The third kappa shape index (κ3) is 3.01. The minimum atomic E-state index is -3.91. The summed E-state index contributed by atoms with van der Waals surface area (Å²) in [4.78, 5) is 9.53. The van der Waals surface area contributed by atoms with E-state index >= 15 is 0 Å². The second-order valence-corrected chi connectivity index (χ2v) is 5.48. The van der Waals surface area contributed by atoms with Crippen molar-refractivity contribution in [2.45, 2.75) is 11.8 Å². The molecule has 8 heteroatoms. The van der Waals surface area contributed by atoms with Gasteiger partial charge >= 0.3 is 5.69 Å². The van der Waals surface area contributed by atoms with E-state index in [4.69, 9.17) is 6.42 Å². The Balaban J connectivity index is 3.34. The van der Waals surface area contributed by atoms with E-state index in [-0.39, 0.29) is 18.0 Å². The molecule has 19 heavy (non-hydrogen) atoms. The minimum absolute atomic E-state index is 0.131. The van der Waals surface area contributed by atoms with Crippen LogP contribution in [0.2, 0.25) is 0 Å². The number of nitro benzene ring substituents is 1. The summed E-state index contributed by atoms with van der Waals surface area (Å²) in [6, 6.07) is 2.87. The van der Waals surface area contributed by atoms with Crippen molar-refractivity contribution in [3.8, 4) is 18.1 Å². The average molecular weight is 284 g/mol. The van der Waals surface area contributed by atoms with Gasteiger partial charge in [0.15, 0.2) is 5.75 Å². The maximum Gasteiger partial charge on any atom is 0.312 e. The maximum absolute atomic E-state index is 12.2. The first kappa shape index (κ1) is 14.9. The van der Waals surface area contributed by atoms with Gasteiger partial charge in [-0.1, -0.05) is 12.8 Å². The van der Waals surface area contributed by atoms with E-state index in [0.29, 0.717) is 0 Å². The van der Waals surface area contributed by atoms with Gasteiger partial charge in [0, 0.05) is 12.6 Å². The Hall–Kier alpha value is -2.11. The van der Waals surface area contributed by atoms with Gasteiger partial charge in [-0.15, -0.1) is 6.42 Å². The molecule has 0 spiro atoms. The molecule has 1 N–H and O–H groups in total. The summed E-state index contributed by atoms with van der Waals surface area (Å²) in [5, 5.41) is 20.0. The second-order valence-electron chi connectivity index (χ2n) is 3.54. The topological polar surface area (TPSA) is 101 Å². The summed E-state index contributed by atoms with van der Waals surface area (Å²) in [5.74, 6) is 1.61. The molecular weight excluding hydrogens is 272 g/mol. The third-order valence-corrected chi connectivity index (χ3v) is 4.32. The van der Waals surface area contributed by atoms with Crippen molar-refractivity contribution >= 4 is 15.7 Å². The lowest BCUT2D eigenvalue weighted by molar-refractivity contribution is -0.386. The Morgan fingerprint density at radius 3 is 2.63 bits per heavy atom. The second kappa shape index (κ2) is 5.69. The van der Waals surface area contributed by atoms with E-state index in [9.17, 15) is 23.6 Å². The number of phenolic OH excluding ortho intramolecular Hbond substituents is 1. The summed E-state index contributed by atoms with van der Waals surface area (Å²) >= 11 is 0. The Bertz CT molecular complexity index is 633. The standard InChI is InChI=1S/C11H12N2O5S/c1-3-7-12(4-2)19(17,18)9-5-6-11(14)10(8-9)13(15)16/h1,5-6,8,14H,4,7H2,2H3. The van der Waals surface area contributed by atoms with Gasteiger partial charge in [-0.2, -0.15) is 4.31 Å². The first-order valence-corrected chi connectivity index (χ1v) is 6.69. The number of rotatable bonds is 5. The number of aromatic hydroxyl groups is 1. The van der Waals surface area contributed by atoms with E-state index < -0.39 is 26.4 Å². The number of nitrogens with zero attached hydrogens (tertiary/aromatic N) is 2. The van der Waals surface area contributed by atoms with Gasteiger partial charge in [0.2, 0.25) is 10.0 Å². The summed E-state index contributed by atoms with van der Waals surface area (Å²) in [7, 11) is -3.91. The third-order valence-electron chi connectivity index (χ3n) is 2.40. The van der Waals surface area contributed by atoms with Gasteiger partial charge in [-0.3, -0.25) is 10.1 Å². The molecule has 0 radical (unpaired) electrons. The van der Waals surface area contributed by atoms with E-state index in [1.807, 2.05) is 0 Å². The summed E-state index contributed by atoms with van der Waals surface area (Å²) in [6.07, 6.45) is 5.08. The highest BCUT2D eigenvalue weighted by atomic mass is 32.2. The van der Waals surface area contributed by atoms with Crippen LogP contribution in [0.25, 0.3) is 0 Å². The van der Waals surface area contributed by atoms with Crippen molar-refractivity contribution in [2.24, 2.45) is 0 Å². The summed E-state index contributed by atoms with van der Waals surface area (Å²) in [5.41, 5.74) is -0.669. The maximum atomic E-state index is 12.2. The number of sulfonamides is 1. The van der Waals surface area contributed by atoms with Crippen LogP contribution in [0.4, 0.5) is 5.69 Å². The van der Waals surface area contributed by atoms with Crippen LogP contribution >= 0.6 is 0 Å². The molecule has 0 aliphatic rings. The predicted molar refractivity (Wildman–Crippen MR) is 68.0 cm³/mol. The lowest BCUT2D eigenvalue weighted by Gasteiger charge is -2.17. The van der Waals surface area contributed by atoms with Crippen LogP contribution in [-0.2, 0) is 10.0 Å². The zero-order valence-electron chi connectivity index (χ0n) is 10.1. The quantitative estimate of drug-likeness (QED) is 0.492. The van der Waals surface area contributed by atoms with Crippen molar-refractivity contribution in [2.75, 3.05) is 13.1 Å². The number of benzene rings is 1. The van der Waals surface area contributed by atoms with Gasteiger partial charge in [-0.25, -0.2) is 8.42 Å². The van der Waals surface area contributed by atoms with E-state index in [1.165, 1.54) is 0 Å². The van der Waals surface area contributed by atoms with Crippen LogP contribution in [0.5, 0.6) is 5.75 Å². The lowest BCUT2D eigenvalue weighted by Crippen LogP contribution is -2.31. The van der Waals surface area contributed by atoms with E-state index in [2.05, 4.69) is 5.92 Å². The lowest BCUT2D eigenvalue weighted by atomic mass is 10.3. The predicted octanol–water partition coefficient (Wildman–Crippen LogP) is 0.944. The number of nitro groups is 1. The highest BCUT2D eigenvalue weighted by molar-refractivity contribution is 7.89. The molecule has 0 heterocycles. The fourth-order valence-corrected chi connectivity index (χ4v) is 2.81. The van der Waals surface area contributed by atoms with Crippen LogP contribution in [0, 0.1) is 22.5 Å². The highest BCUT2D eigenvalue weighted by Gasteiger charge is 2.25. The van der Waals surface area contributed by atoms with E-state index in [1.54, 1.807) is 6.92 Å². The smallest absolute Gasteiger partial charge is 0.312 e. The zero-order valence-corrected chi connectivity index (χ0v) is 10.9. The molecule has 0 saturated carbocycles. The van der Waals surface area contributed by atoms with Gasteiger partial charge in [0.1, 0.15) is 0 Å². The van der Waals surface area contributed by atoms with Crippen molar-refractivity contribution in [3.05, 3.63) is 28.3 Å². The van der Waals surface area contributed by atoms with Gasteiger partial charge in [0.25, 0.3) is 0 Å². The van der Waals surface area contributed by atoms with Gasteiger partial charge < -0.3 is 5.11 Å². The molecule has 0 aromatic heterocycles. The molecule has 0 aliphatic carbocycles. The zero-order chi connectivity index (χ0) is 14.6. The fraction of sp³-hybridized carbons (Fsp3) is 0.273. The molecule has 0 unspecified atom stereocenters. The number of hydrogen-bond acceptors (Lipinski definition) is 5. The van der Waals surface area contributed by atoms with Crippen LogP contribution in [0.1, 0.15) is 6.92 Å². The molecule has 0 fully saturated rings. The average Bonchev–Trinajstić information content (AvgIpc) is 2.35. The first-order chi connectivity index (χ1) is 8.84. The van der Waals surface area contributed by atoms with Crippen molar-refractivity contribution in [1.82, 2.24) is 4.31 Å². The largest absolute Gasteiger partial charge is 0.502 e. The van der Waals surface area contributed by atoms with Crippen LogP contribution in [0.15, 0.2) is 23.1 Å². The summed E-state index contributed by atoms with van der Waals surface area (Å²) < 4.78 is 25.3. The summed E-state index contributed by atoms with van der Waals surface area (Å²) in [6.45, 7) is 1.61. The van der Waals surface area contributed by atoms with Crippen LogP contribution < -0.4 is 0 Å². The van der Waals surface area contributed by atoms with Crippen LogP contribution in [0.3, 0.4) is 0 Å². The normalized spacial score (nSPS) is 11.2. The number of phenols is 1. The molecule has 7 nitrogen and oxygen atoms in total. The van der Waals surface area contributed by atoms with Crippen molar-refractivity contribution in [3.63, 3.8) is 0 Å². The van der Waals surface area contributed by atoms with Crippen molar-refractivity contribution in [1.29, 1.82) is 0 Å². The molecule has 102 valence electrons. The first-order valence-electron chi connectivity index (χ1n) is 5.25. The molecule has 1 aromatic carbocycles.